The van der Waals surface area contributed by atoms with Gasteiger partial charge in [0.1, 0.15) is 0 Å². The fourth-order valence-corrected chi connectivity index (χ4v) is 4.58. The predicted octanol–water partition coefficient (Wildman–Crippen LogP) is -1.15. The molecular weight excluding hydrogens is 308 g/mol. The van der Waals surface area contributed by atoms with E-state index in [1.165, 1.54) is 18.4 Å². The maximum absolute atomic E-state index is 12.9. The van der Waals surface area contributed by atoms with Crippen LogP contribution in [0.25, 0.3) is 0 Å². The normalized spacial score (nSPS) is 19.0. The number of hydrogen-bond acceptors (Lipinski definition) is 5. The highest BCUT2D eigenvalue weighted by molar-refractivity contribution is 7.89. The van der Waals surface area contributed by atoms with Gasteiger partial charge in [-0.05, 0) is 19.4 Å². The van der Waals surface area contributed by atoms with Crippen molar-refractivity contribution < 1.29 is 8.42 Å². The van der Waals surface area contributed by atoms with Crippen molar-refractivity contribution in [2.75, 3.05) is 19.6 Å². The lowest BCUT2D eigenvalue weighted by atomic mass is 10.2. The molecule has 9 heteroatoms. The van der Waals surface area contributed by atoms with Crippen LogP contribution < -0.4 is 16.6 Å². The van der Waals surface area contributed by atoms with Crippen LogP contribution in [-0.2, 0) is 24.1 Å². The van der Waals surface area contributed by atoms with Gasteiger partial charge >= 0.3 is 5.69 Å². The molecule has 1 N–H and O–H groups in total. The molecular formula is C13H22N4O4S. The molecule has 0 aliphatic carbocycles. The minimum Gasteiger partial charge on any atom is -0.315 e. The molecule has 124 valence electrons. The Balaban J connectivity index is 2.57. The van der Waals surface area contributed by atoms with E-state index >= 15 is 0 Å². The van der Waals surface area contributed by atoms with Crippen LogP contribution in [0.5, 0.6) is 0 Å². The number of nitrogens with zero attached hydrogens (tertiary/aromatic N) is 3. The zero-order valence-corrected chi connectivity index (χ0v) is 13.9. The molecule has 1 aromatic rings. The molecule has 0 spiro atoms. The number of hydrogen-bond donors (Lipinski definition) is 1. The Kier molecular flexibility index (Phi) is 4.88. The summed E-state index contributed by atoms with van der Waals surface area (Å²) in [5, 5.41) is 3.14. The Morgan fingerprint density at radius 3 is 2.59 bits per heavy atom. The van der Waals surface area contributed by atoms with Crippen molar-refractivity contribution in [2.24, 2.45) is 14.1 Å². The maximum atomic E-state index is 12.9. The summed E-state index contributed by atoms with van der Waals surface area (Å²) in [4.78, 5) is 23.6. The molecule has 0 amide bonds. The summed E-state index contributed by atoms with van der Waals surface area (Å²) in [6.07, 6.45) is 2.48. The number of sulfonamides is 1. The first-order chi connectivity index (χ1) is 10.3. The van der Waals surface area contributed by atoms with E-state index in [2.05, 4.69) is 5.32 Å². The summed E-state index contributed by atoms with van der Waals surface area (Å²) in [5.74, 6) is 0. The van der Waals surface area contributed by atoms with Crippen LogP contribution in [0.2, 0.25) is 0 Å². The third kappa shape index (κ3) is 2.88. The van der Waals surface area contributed by atoms with Crippen LogP contribution in [0.15, 0.2) is 20.7 Å². The lowest BCUT2D eigenvalue weighted by Crippen LogP contribution is -2.46. The Hall–Kier alpha value is -1.45. The highest BCUT2D eigenvalue weighted by atomic mass is 32.2. The molecule has 8 nitrogen and oxygen atoms in total. The molecule has 1 saturated heterocycles. The van der Waals surface area contributed by atoms with Gasteiger partial charge in [0.2, 0.25) is 10.0 Å². The zero-order chi connectivity index (χ0) is 16.5. The van der Waals surface area contributed by atoms with Crippen LogP contribution in [0.4, 0.5) is 0 Å². The van der Waals surface area contributed by atoms with E-state index in [4.69, 9.17) is 0 Å². The number of rotatable bonds is 5. The van der Waals surface area contributed by atoms with E-state index in [1.54, 1.807) is 0 Å². The molecule has 2 heterocycles. The smallest absolute Gasteiger partial charge is 0.315 e. The number of aromatic nitrogens is 2. The third-order valence-corrected chi connectivity index (χ3v) is 5.82. The molecule has 1 atom stereocenters. The average molecular weight is 330 g/mol. The molecule has 2 rings (SSSR count). The van der Waals surface area contributed by atoms with Gasteiger partial charge in [-0.15, -0.1) is 0 Å². The van der Waals surface area contributed by atoms with Crippen molar-refractivity contribution in [2.45, 2.75) is 30.7 Å². The first-order valence-corrected chi connectivity index (χ1v) is 8.74. The first kappa shape index (κ1) is 16.9. The van der Waals surface area contributed by atoms with Gasteiger partial charge in [-0.2, -0.15) is 4.31 Å². The van der Waals surface area contributed by atoms with E-state index in [9.17, 15) is 18.0 Å². The molecule has 1 aromatic heterocycles. The maximum Gasteiger partial charge on any atom is 0.330 e. The predicted molar refractivity (Wildman–Crippen MR) is 82.4 cm³/mol. The van der Waals surface area contributed by atoms with Crippen molar-refractivity contribution >= 4 is 10.0 Å². The topological polar surface area (TPSA) is 93.4 Å². The quantitative estimate of drug-likeness (QED) is 0.735. The summed E-state index contributed by atoms with van der Waals surface area (Å²) in [6.45, 7) is 3.57. The summed E-state index contributed by atoms with van der Waals surface area (Å²) in [6, 6.07) is -0.160. The Morgan fingerprint density at radius 2 is 2.05 bits per heavy atom. The van der Waals surface area contributed by atoms with Crippen molar-refractivity contribution in [1.82, 2.24) is 18.8 Å². The highest BCUT2D eigenvalue weighted by Crippen LogP contribution is 2.19. The zero-order valence-electron chi connectivity index (χ0n) is 13.1. The molecule has 0 saturated carbocycles. The molecule has 0 radical (unpaired) electrons. The van der Waals surface area contributed by atoms with Crippen LogP contribution in [0.1, 0.15) is 19.8 Å². The Bertz CT molecular complexity index is 759. The second-order valence-corrected chi connectivity index (χ2v) is 7.37. The van der Waals surface area contributed by atoms with Crippen molar-refractivity contribution in [3.05, 3.63) is 27.0 Å². The number of nitrogens with one attached hydrogen (secondary N) is 1. The van der Waals surface area contributed by atoms with Crippen LogP contribution in [0.3, 0.4) is 0 Å². The largest absolute Gasteiger partial charge is 0.330 e. The van der Waals surface area contributed by atoms with Gasteiger partial charge in [0.25, 0.3) is 5.56 Å². The molecule has 0 aromatic carbocycles. The van der Waals surface area contributed by atoms with Gasteiger partial charge < -0.3 is 9.88 Å². The average Bonchev–Trinajstić information content (AvgIpc) is 2.99. The SMILES string of the molecule is CCCN(C1CCNC1)S(=O)(=O)c1cn(C)c(=O)n(C)c1=O. The van der Waals surface area contributed by atoms with Crippen molar-refractivity contribution in [1.29, 1.82) is 0 Å². The lowest BCUT2D eigenvalue weighted by molar-refractivity contribution is 0.334. The van der Waals surface area contributed by atoms with E-state index < -0.39 is 21.3 Å². The minimum atomic E-state index is -3.94. The molecule has 0 bridgehead atoms. The molecule has 22 heavy (non-hydrogen) atoms. The van der Waals surface area contributed by atoms with Gasteiger partial charge in [-0.3, -0.25) is 9.36 Å². The summed E-state index contributed by atoms with van der Waals surface area (Å²) in [5.41, 5.74) is -1.33. The van der Waals surface area contributed by atoms with Crippen LogP contribution >= 0.6 is 0 Å². The van der Waals surface area contributed by atoms with Gasteiger partial charge in [0.05, 0.1) is 0 Å². The van der Waals surface area contributed by atoms with Gasteiger partial charge in [-0.1, -0.05) is 6.92 Å². The van der Waals surface area contributed by atoms with Gasteiger partial charge in [0.15, 0.2) is 4.90 Å². The summed E-state index contributed by atoms with van der Waals surface area (Å²) in [7, 11) is -1.22. The second-order valence-electron chi connectivity index (χ2n) is 5.51. The monoisotopic (exact) mass is 330 g/mol. The molecule has 1 fully saturated rings. The van der Waals surface area contributed by atoms with E-state index in [0.29, 0.717) is 25.9 Å². The van der Waals surface area contributed by atoms with Crippen LogP contribution in [0, 0.1) is 0 Å². The fraction of sp³-hybridized carbons (Fsp3) is 0.692. The van der Waals surface area contributed by atoms with E-state index in [1.807, 2.05) is 6.92 Å². The number of aryl methyl sites for hydroxylation is 1. The highest BCUT2D eigenvalue weighted by Gasteiger charge is 2.35. The molecule has 1 unspecified atom stereocenters. The third-order valence-electron chi connectivity index (χ3n) is 3.89. The first-order valence-electron chi connectivity index (χ1n) is 7.30. The molecule has 1 aliphatic rings. The Labute approximate surface area is 129 Å². The standard InChI is InChI=1S/C13H22N4O4S/c1-4-7-17(10-5-6-14-8-10)22(20,21)11-9-15(2)13(19)16(3)12(11)18/h9-10,14H,4-8H2,1-3H3. The van der Waals surface area contributed by atoms with Gasteiger partial charge in [0, 0.05) is 39.4 Å². The van der Waals surface area contributed by atoms with E-state index in [-0.39, 0.29) is 10.9 Å². The lowest BCUT2D eigenvalue weighted by Gasteiger charge is -2.27. The van der Waals surface area contributed by atoms with Gasteiger partial charge in [-0.25, -0.2) is 13.2 Å². The van der Waals surface area contributed by atoms with Crippen LogP contribution in [-0.4, -0.2) is 47.5 Å². The molecule has 1 aliphatic heterocycles. The fourth-order valence-electron chi connectivity index (χ4n) is 2.68. The summed E-state index contributed by atoms with van der Waals surface area (Å²) >= 11 is 0. The summed E-state index contributed by atoms with van der Waals surface area (Å²) < 4.78 is 29.2. The minimum absolute atomic E-state index is 0.160. The van der Waals surface area contributed by atoms with Crippen molar-refractivity contribution in [3.63, 3.8) is 0 Å². The van der Waals surface area contributed by atoms with E-state index in [0.717, 1.165) is 21.9 Å². The second kappa shape index (κ2) is 6.35. The Morgan fingerprint density at radius 1 is 1.36 bits per heavy atom. The van der Waals surface area contributed by atoms with Crippen molar-refractivity contribution in [3.8, 4) is 0 Å².